The molecule has 10 heteroatoms. The molecule has 9 nitrogen and oxygen atoms in total. The first kappa shape index (κ1) is 35.3. The molecule has 0 aromatic heterocycles. The summed E-state index contributed by atoms with van der Waals surface area (Å²) in [6, 6.07) is 28.8. The summed E-state index contributed by atoms with van der Waals surface area (Å²) >= 11 is 6.91. The van der Waals surface area contributed by atoms with Crippen LogP contribution >= 0.6 is 11.6 Å². The van der Waals surface area contributed by atoms with Gasteiger partial charge in [0.05, 0.1) is 24.5 Å². The van der Waals surface area contributed by atoms with Gasteiger partial charge in [-0.3, -0.25) is 9.59 Å². The molecule has 0 aliphatic carbocycles. The van der Waals surface area contributed by atoms with E-state index in [4.69, 9.17) is 36.8 Å². The molecule has 4 rings (SSSR count). The Bertz CT molecular complexity index is 1390. The highest BCUT2D eigenvalue weighted by Crippen LogP contribution is 2.35. The number of hydrogen-bond donors (Lipinski definition) is 4. The van der Waals surface area contributed by atoms with Crippen LogP contribution in [0, 0.1) is 0 Å². The molecule has 45 heavy (non-hydrogen) atoms. The van der Waals surface area contributed by atoms with Gasteiger partial charge in [-0.05, 0) is 74.1 Å². The molecule has 0 atom stereocenters. The first-order valence-corrected chi connectivity index (χ1v) is 15.3. The summed E-state index contributed by atoms with van der Waals surface area (Å²) < 4.78 is 6.01. The van der Waals surface area contributed by atoms with Crippen LogP contribution in [0.5, 0.6) is 5.75 Å². The number of benzene rings is 3. The zero-order chi connectivity index (χ0) is 32.7. The van der Waals surface area contributed by atoms with Crippen molar-refractivity contribution < 1.29 is 39.5 Å². The lowest BCUT2D eigenvalue weighted by molar-refractivity contribution is -0.170. The van der Waals surface area contributed by atoms with Crippen molar-refractivity contribution in [2.45, 2.75) is 50.5 Å². The predicted molar refractivity (Wildman–Crippen MR) is 173 cm³/mol. The highest BCUT2D eigenvalue weighted by Gasteiger charge is 2.40. The Labute approximate surface area is 268 Å². The maximum Gasteiger partial charge on any atom is 0.336 e. The van der Waals surface area contributed by atoms with Gasteiger partial charge in [0.15, 0.2) is 5.60 Å². The number of hydrogen-bond acceptors (Lipinski definition) is 6. The Morgan fingerprint density at radius 3 is 1.73 bits per heavy atom. The number of carboxylic acids is 3. The SMILES string of the molecule is Cl/C(=C(/c1ccccc1)c1ccc(OCCCCN2CCCCC2)cc1)c1ccccc1.O=C(O)CC(O)(CC(=O)O)C(=O)O. The number of piperidine rings is 1. The maximum absolute atomic E-state index is 10.3. The molecule has 1 fully saturated rings. The average molecular weight is 638 g/mol. The van der Waals surface area contributed by atoms with Crippen LogP contribution < -0.4 is 4.74 Å². The number of carbonyl (C=O) groups is 3. The summed E-state index contributed by atoms with van der Waals surface area (Å²) in [5.74, 6) is -4.11. The zero-order valence-electron chi connectivity index (χ0n) is 25.1. The molecule has 0 saturated carbocycles. The first-order valence-electron chi connectivity index (χ1n) is 14.9. The van der Waals surface area contributed by atoms with E-state index in [1.807, 2.05) is 48.5 Å². The van der Waals surface area contributed by atoms with E-state index in [1.54, 1.807) is 0 Å². The van der Waals surface area contributed by atoms with Gasteiger partial charge in [0.25, 0.3) is 0 Å². The molecule has 1 saturated heterocycles. The maximum atomic E-state index is 10.3. The quantitative estimate of drug-likeness (QED) is 0.119. The predicted octanol–water partition coefficient (Wildman–Crippen LogP) is 6.24. The van der Waals surface area contributed by atoms with E-state index in [1.165, 1.54) is 45.3 Å². The van der Waals surface area contributed by atoms with E-state index >= 15 is 0 Å². The average Bonchev–Trinajstić information content (AvgIpc) is 3.02. The van der Waals surface area contributed by atoms with E-state index in [9.17, 15) is 14.4 Å². The molecule has 0 radical (unpaired) electrons. The minimum absolute atomic E-state index is 0.753. The number of unbranched alkanes of at least 4 members (excludes halogenated alkanes) is 1. The molecule has 0 spiro atoms. The number of aliphatic hydroxyl groups is 1. The highest BCUT2D eigenvalue weighted by atomic mass is 35.5. The third-order valence-electron chi connectivity index (χ3n) is 7.32. The monoisotopic (exact) mass is 637 g/mol. The number of ether oxygens (including phenoxy) is 1. The minimum atomic E-state index is -2.74. The number of nitrogens with zero attached hydrogens (tertiary/aromatic N) is 1. The van der Waals surface area contributed by atoms with Crippen molar-refractivity contribution in [1.29, 1.82) is 0 Å². The fourth-order valence-electron chi connectivity index (χ4n) is 5.00. The lowest BCUT2D eigenvalue weighted by Crippen LogP contribution is -2.42. The standard InChI is InChI=1S/C29H32ClNO.C6H8O7/c30-29(26-14-6-2-7-15-26)28(24-12-4-1-5-13-24)25-16-18-27(19-17-25)32-23-11-10-22-31-20-8-3-9-21-31;7-3(8)1-6(13,5(11)12)2-4(9)10/h1-2,4-7,12-19H,3,8-11,20-23H2;13H,1-2H2,(H,7,8)(H,9,10)(H,11,12)/b29-28-;. The molecular formula is C35H40ClNO8. The highest BCUT2D eigenvalue weighted by molar-refractivity contribution is 6.53. The van der Waals surface area contributed by atoms with Gasteiger partial charge in [-0.1, -0.05) is 90.8 Å². The topological polar surface area (TPSA) is 145 Å². The van der Waals surface area contributed by atoms with Gasteiger partial charge in [-0.15, -0.1) is 0 Å². The summed E-state index contributed by atoms with van der Waals surface area (Å²) in [6.45, 7) is 4.50. The molecule has 0 amide bonds. The van der Waals surface area contributed by atoms with Gasteiger partial charge in [0.1, 0.15) is 5.75 Å². The van der Waals surface area contributed by atoms with Crippen LogP contribution in [-0.2, 0) is 14.4 Å². The molecule has 0 unspecified atom stereocenters. The van der Waals surface area contributed by atoms with Crippen molar-refractivity contribution >= 4 is 40.1 Å². The largest absolute Gasteiger partial charge is 0.494 e. The van der Waals surface area contributed by atoms with Crippen molar-refractivity contribution in [3.63, 3.8) is 0 Å². The van der Waals surface area contributed by atoms with Gasteiger partial charge >= 0.3 is 17.9 Å². The fourth-order valence-corrected chi connectivity index (χ4v) is 5.34. The Hall–Kier alpha value is -4.18. The molecule has 1 aliphatic heterocycles. The lowest BCUT2D eigenvalue weighted by atomic mass is 9.95. The van der Waals surface area contributed by atoms with E-state index in [2.05, 4.69) is 41.3 Å². The lowest BCUT2D eigenvalue weighted by Gasteiger charge is -2.26. The van der Waals surface area contributed by atoms with Crippen molar-refractivity contribution in [3.8, 4) is 5.75 Å². The number of rotatable bonds is 14. The fraction of sp³-hybridized carbons (Fsp3) is 0.343. The molecule has 4 N–H and O–H groups in total. The van der Waals surface area contributed by atoms with Gasteiger partial charge in [0.2, 0.25) is 0 Å². The van der Waals surface area contributed by atoms with Gasteiger partial charge in [-0.2, -0.15) is 0 Å². The summed E-state index contributed by atoms with van der Waals surface area (Å²) in [4.78, 5) is 33.1. The first-order chi connectivity index (χ1) is 21.6. The van der Waals surface area contributed by atoms with Crippen LogP contribution in [0.15, 0.2) is 84.9 Å². The Kier molecular flexibility index (Phi) is 14.1. The van der Waals surface area contributed by atoms with Crippen molar-refractivity contribution in [3.05, 3.63) is 102 Å². The summed E-state index contributed by atoms with van der Waals surface area (Å²) in [6.07, 6.45) is 4.11. The van der Waals surface area contributed by atoms with Crippen LogP contribution in [0.4, 0.5) is 0 Å². The third-order valence-corrected chi connectivity index (χ3v) is 7.73. The van der Waals surface area contributed by atoms with Crippen LogP contribution in [-0.4, -0.2) is 75.1 Å². The molecule has 3 aromatic rings. The van der Waals surface area contributed by atoms with Crippen LogP contribution in [0.3, 0.4) is 0 Å². The van der Waals surface area contributed by atoms with Crippen molar-refractivity contribution in [1.82, 2.24) is 4.90 Å². The second-order valence-electron chi connectivity index (χ2n) is 10.9. The summed E-state index contributed by atoms with van der Waals surface area (Å²) in [5.41, 5.74) is 1.50. The summed E-state index contributed by atoms with van der Waals surface area (Å²) in [7, 11) is 0. The molecule has 1 heterocycles. The number of carboxylic acid groups (broad SMARTS) is 3. The van der Waals surface area contributed by atoms with E-state index in [0.29, 0.717) is 0 Å². The number of aliphatic carboxylic acids is 3. The molecule has 240 valence electrons. The molecular weight excluding hydrogens is 598 g/mol. The second kappa shape index (κ2) is 17.9. The molecule has 0 bridgehead atoms. The smallest absolute Gasteiger partial charge is 0.336 e. The van der Waals surface area contributed by atoms with Crippen LogP contribution in [0.25, 0.3) is 10.6 Å². The number of likely N-dealkylation sites (tertiary alicyclic amines) is 1. The van der Waals surface area contributed by atoms with E-state index in [-0.39, 0.29) is 0 Å². The van der Waals surface area contributed by atoms with Gasteiger partial charge < -0.3 is 30.1 Å². The van der Waals surface area contributed by atoms with E-state index in [0.717, 1.165) is 46.1 Å². The van der Waals surface area contributed by atoms with Crippen LogP contribution in [0.1, 0.15) is 61.6 Å². The second-order valence-corrected chi connectivity index (χ2v) is 11.3. The van der Waals surface area contributed by atoms with Gasteiger partial charge in [0, 0.05) is 5.57 Å². The van der Waals surface area contributed by atoms with Gasteiger partial charge in [-0.25, -0.2) is 4.79 Å². The molecule has 1 aliphatic rings. The van der Waals surface area contributed by atoms with E-state index < -0.39 is 36.4 Å². The molecule has 3 aromatic carbocycles. The van der Waals surface area contributed by atoms with Crippen molar-refractivity contribution in [2.24, 2.45) is 0 Å². The Morgan fingerprint density at radius 1 is 0.711 bits per heavy atom. The number of halogens is 1. The normalized spacial score (nSPS) is 14.0. The van der Waals surface area contributed by atoms with Crippen LogP contribution in [0.2, 0.25) is 0 Å². The Morgan fingerprint density at radius 2 is 1.22 bits per heavy atom. The summed E-state index contributed by atoms with van der Waals surface area (Å²) in [5, 5.41) is 34.6. The Balaban J connectivity index is 0.000000360. The zero-order valence-corrected chi connectivity index (χ0v) is 25.9. The third kappa shape index (κ3) is 11.7. The minimum Gasteiger partial charge on any atom is -0.494 e. The van der Waals surface area contributed by atoms with Crippen molar-refractivity contribution in [2.75, 3.05) is 26.2 Å².